The van der Waals surface area contributed by atoms with E-state index >= 15 is 0 Å². The standard InChI is InChI=1S/C16H22N2O5/c1-4-13(23-12-8-6-5-7-9-12)16(21)22-11-14(19)17-10-15(20)18(2)3/h5-9,13H,4,10-11H2,1-3H3,(H,17,19)/t13-/m0/s1. The molecule has 0 heterocycles. The molecule has 1 aromatic carbocycles. The number of esters is 1. The molecule has 0 aliphatic carbocycles. The summed E-state index contributed by atoms with van der Waals surface area (Å²) in [5.74, 6) is -0.852. The van der Waals surface area contributed by atoms with Crippen LogP contribution in [0.25, 0.3) is 0 Å². The number of nitrogens with one attached hydrogen (secondary N) is 1. The summed E-state index contributed by atoms with van der Waals surface area (Å²) in [7, 11) is 3.17. The molecule has 7 nitrogen and oxygen atoms in total. The zero-order valence-corrected chi connectivity index (χ0v) is 13.6. The molecule has 0 aromatic heterocycles. The van der Waals surface area contributed by atoms with E-state index in [1.807, 2.05) is 6.07 Å². The summed E-state index contributed by atoms with van der Waals surface area (Å²) in [6.07, 6.45) is -0.373. The highest BCUT2D eigenvalue weighted by Gasteiger charge is 2.21. The zero-order chi connectivity index (χ0) is 17.2. The Hall–Kier alpha value is -2.57. The minimum atomic E-state index is -0.784. The molecule has 0 bridgehead atoms. The first kappa shape index (κ1) is 18.5. The van der Waals surface area contributed by atoms with Crippen LogP contribution in [0.1, 0.15) is 13.3 Å². The lowest BCUT2D eigenvalue weighted by atomic mass is 10.2. The molecular formula is C16H22N2O5. The van der Waals surface area contributed by atoms with Crippen molar-refractivity contribution >= 4 is 17.8 Å². The topological polar surface area (TPSA) is 84.9 Å². The first-order valence-corrected chi connectivity index (χ1v) is 7.29. The van der Waals surface area contributed by atoms with Crippen LogP contribution in [0, 0.1) is 0 Å². The van der Waals surface area contributed by atoms with Crippen molar-refractivity contribution in [3.8, 4) is 5.75 Å². The fourth-order valence-electron chi connectivity index (χ4n) is 1.57. The lowest BCUT2D eigenvalue weighted by Crippen LogP contribution is -2.39. The number of ether oxygens (including phenoxy) is 2. The van der Waals surface area contributed by atoms with Gasteiger partial charge < -0.3 is 19.7 Å². The first-order valence-electron chi connectivity index (χ1n) is 7.29. The highest BCUT2D eigenvalue weighted by molar-refractivity contribution is 5.86. The molecule has 1 rings (SSSR count). The molecular weight excluding hydrogens is 300 g/mol. The van der Waals surface area contributed by atoms with Crippen LogP contribution in [0.4, 0.5) is 0 Å². The van der Waals surface area contributed by atoms with Crippen LogP contribution in [0.15, 0.2) is 30.3 Å². The Morgan fingerprint density at radius 2 is 1.83 bits per heavy atom. The number of carbonyl (C=O) groups excluding carboxylic acids is 3. The predicted octanol–water partition coefficient (Wildman–Crippen LogP) is 0.592. The molecule has 0 fully saturated rings. The third-order valence-electron chi connectivity index (χ3n) is 2.94. The average Bonchev–Trinajstić information content (AvgIpc) is 2.56. The van der Waals surface area contributed by atoms with Gasteiger partial charge in [0.25, 0.3) is 5.91 Å². The van der Waals surface area contributed by atoms with Gasteiger partial charge in [-0.3, -0.25) is 9.59 Å². The minimum absolute atomic E-state index is 0.138. The summed E-state index contributed by atoms with van der Waals surface area (Å²) < 4.78 is 10.4. The van der Waals surface area contributed by atoms with Gasteiger partial charge in [0.15, 0.2) is 12.7 Å². The van der Waals surface area contributed by atoms with Crippen LogP contribution in [0.5, 0.6) is 5.75 Å². The van der Waals surface area contributed by atoms with Crippen molar-refractivity contribution in [2.24, 2.45) is 0 Å². The molecule has 1 aromatic rings. The summed E-state index contributed by atoms with van der Waals surface area (Å²) in [6.45, 7) is 1.19. The van der Waals surface area contributed by atoms with Gasteiger partial charge >= 0.3 is 5.97 Å². The van der Waals surface area contributed by atoms with Crippen molar-refractivity contribution in [1.82, 2.24) is 10.2 Å². The summed E-state index contributed by atoms with van der Waals surface area (Å²) in [6, 6.07) is 8.89. The number of carbonyl (C=O) groups is 3. The molecule has 0 saturated heterocycles. The van der Waals surface area contributed by atoms with E-state index in [9.17, 15) is 14.4 Å². The molecule has 0 aliphatic rings. The third kappa shape index (κ3) is 6.82. The number of hydrogen-bond acceptors (Lipinski definition) is 5. The normalized spacial score (nSPS) is 11.3. The maximum atomic E-state index is 11.9. The summed E-state index contributed by atoms with van der Waals surface area (Å²) in [4.78, 5) is 36.2. The largest absolute Gasteiger partial charge is 0.479 e. The van der Waals surface area contributed by atoms with Gasteiger partial charge in [-0.1, -0.05) is 25.1 Å². The van der Waals surface area contributed by atoms with E-state index in [0.29, 0.717) is 12.2 Å². The van der Waals surface area contributed by atoms with E-state index in [4.69, 9.17) is 9.47 Å². The monoisotopic (exact) mass is 322 g/mol. The van der Waals surface area contributed by atoms with E-state index in [0.717, 1.165) is 0 Å². The van der Waals surface area contributed by atoms with Crippen LogP contribution >= 0.6 is 0 Å². The molecule has 7 heteroatoms. The van der Waals surface area contributed by atoms with Gasteiger partial charge in [-0.15, -0.1) is 0 Å². The fourth-order valence-corrected chi connectivity index (χ4v) is 1.57. The smallest absolute Gasteiger partial charge is 0.347 e. The molecule has 0 spiro atoms. The number of likely N-dealkylation sites (N-methyl/N-ethyl adjacent to an activating group) is 1. The Kier molecular flexibility index (Phi) is 7.59. The molecule has 1 N–H and O–H groups in total. The van der Waals surface area contributed by atoms with E-state index in [1.54, 1.807) is 45.3 Å². The summed E-state index contributed by atoms with van der Waals surface area (Å²) in [5, 5.41) is 2.38. The molecule has 2 amide bonds. The second-order valence-corrected chi connectivity index (χ2v) is 5.00. The maximum Gasteiger partial charge on any atom is 0.347 e. The van der Waals surface area contributed by atoms with Gasteiger partial charge in [-0.2, -0.15) is 0 Å². The highest BCUT2D eigenvalue weighted by atomic mass is 16.6. The van der Waals surface area contributed by atoms with Crippen molar-refractivity contribution in [2.45, 2.75) is 19.4 Å². The van der Waals surface area contributed by atoms with Crippen LogP contribution in [0.2, 0.25) is 0 Å². The minimum Gasteiger partial charge on any atom is -0.479 e. The van der Waals surface area contributed by atoms with Crippen LogP contribution in [-0.2, 0) is 19.1 Å². The van der Waals surface area contributed by atoms with Gasteiger partial charge in [0.05, 0.1) is 6.54 Å². The van der Waals surface area contributed by atoms with Gasteiger partial charge in [0, 0.05) is 14.1 Å². The predicted molar refractivity (Wildman–Crippen MR) is 83.8 cm³/mol. The maximum absolute atomic E-state index is 11.9. The fraction of sp³-hybridized carbons (Fsp3) is 0.438. The molecule has 1 atom stereocenters. The van der Waals surface area contributed by atoms with Crippen molar-refractivity contribution in [2.75, 3.05) is 27.2 Å². The molecule has 23 heavy (non-hydrogen) atoms. The van der Waals surface area contributed by atoms with Crippen LogP contribution in [0.3, 0.4) is 0 Å². The molecule has 0 radical (unpaired) electrons. The van der Waals surface area contributed by atoms with Crippen molar-refractivity contribution < 1.29 is 23.9 Å². The average molecular weight is 322 g/mol. The van der Waals surface area contributed by atoms with Gasteiger partial charge in [-0.25, -0.2) is 4.79 Å². The lowest BCUT2D eigenvalue weighted by molar-refractivity contribution is -0.155. The number of benzene rings is 1. The molecule has 0 saturated carbocycles. The van der Waals surface area contributed by atoms with Crippen molar-refractivity contribution in [3.63, 3.8) is 0 Å². The van der Waals surface area contributed by atoms with Gasteiger partial charge in [-0.05, 0) is 18.6 Å². The Morgan fingerprint density at radius 1 is 1.17 bits per heavy atom. The molecule has 0 unspecified atom stereocenters. The Morgan fingerprint density at radius 3 is 2.39 bits per heavy atom. The van der Waals surface area contributed by atoms with E-state index < -0.39 is 24.6 Å². The third-order valence-corrected chi connectivity index (χ3v) is 2.94. The molecule has 0 aliphatic heterocycles. The highest BCUT2D eigenvalue weighted by Crippen LogP contribution is 2.13. The van der Waals surface area contributed by atoms with E-state index in [1.165, 1.54) is 4.90 Å². The number of hydrogen-bond donors (Lipinski definition) is 1. The van der Waals surface area contributed by atoms with E-state index in [-0.39, 0.29) is 12.5 Å². The summed E-state index contributed by atoms with van der Waals surface area (Å²) >= 11 is 0. The lowest BCUT2D eigenvalue weighted by Gasteiger charge is -2.16. The number of amides is 2. The van der Waals surface area contributed by atoms with Crippen LogP contribution < -0.4 is 10.1 Å². The second kappa shape index (κ2) is 9.45. The zero-order valence-electron chi connectivity index (χ0n) is 13.6. The summed E-state index contributed by atoms with van der Waals surface area (Å²) in [5.41, 5.74) is 0. The Labute approximate surface area is 135 Å². The Balaban J connectivity index is 2.38. The second-order valence-electron chi connectivity index (χ2n) is 5.00. The molecule has 126 valence electrons. The van der Waals surface area contributed by atoms with E-state index in [2.05, 4.69) is 5.32 Å². The number of para-hydroxylation sites is 1. The Bertz CT molecular complexity index is 531. The number of nitrogens with zero attached hydrogens (tertiary/aromatic N) is 1. The number of rotatable bonds is 8. The quantitative estimate of drug-likeness (QED) is 0.708. The van der Waals surface area contributed by atoms with Crippen LogP contribution in [-0.4, -0.2) is 56.0 Å². The van der Waals surface area contributed by atoms with Crippen molar-refractivity contribution in [1.29, 1.82) is 0 Å². The van der Waals surface area contributed by atoms with Gasteiger partial charge in [0.2, 0.25) is 5.91 Å². The van der Waals surface area contributed by atoms with Crippen molar-refractivity contribution in [3.05, 3.63) is 30.3 Å². The first-order chi connectivity index (χ1) is 10.9. The SMILES string of the molecule is CC[C@H](Oc1ccccc1)C(=O)OCC(=O)NCC(=O)N(C)C. The van der Waals surface area contributed by atoms with Gasteiger partial charge in [0.1, 0.15) is 5.75 Å².